The van der Waals surface area contributed by atoms with Gasteiger partial charge in [0.2, 0.25) is 11.6 Å². The van der Waals surface area contributed by atoms with Crippen molar-refractivity contribution in [3.63, 3.8) is 0 Å². The largest absolute Gasteiger partial charge is 0.460 e. The predicted molar refractivity (Wildman–Crippen MR) is 115 cm³/mol. The van der Waals surface area contributed by atoms with Crippen molar-refractivity contribution in [2.24, 2.45) is 0 Å². The van der Waals surface area contributed by atoms with E-state index in [2.05, 4.69) is 21.0 Å². The summed E-state index contributed by atoms with van der Waals surface area (Å²) in [5, 5.41) is 1.21. The summed E-state index contributed by atoms with van der Waals surface area (Å²) in [5.74, 6) is -35.5. The number of benzene rings is 2. The molecule has 0 aliphatic rings. The number of alkyl halides is 14. The van der Waals surface area contributed by atoms with E-state index in [-0.39, 0.29) is 31.4 Å². The number of pyridine rings is 1. The minimum Gasteiger partial charge on any atom is -0.304 e. The third kappa shape index (κ3) is 5.75. The predicted octanol–water partition coefficient (Wildman–Crippen LogP) is 8.13. The van der Waals surface area contributed by atoms with Crippen LogP contribution < -0.4 is 0 Å². The van der Waals surface area contributed by atoms with Gasteiger partial charge in [-0.05, 0) is 16.5 Å². The number of hydrogen-bond donors (Lipinski definition) is 0. The SMILES string of the molecule is FC(F)(F)C(F)(F)C(F)(F)c1nc(-c2cc[c-]c(-c3cc4ccccc4cn3)c2)nc(C(F)(F)C(F)(F)C(F)(F)F)n1.[Ir]. The van der Waals surface area contributed by atoms with Gasteiger partial charge in [0.25, 0.3) is 0 Å². The van der Waals surface area contributed by atoms with Crippen molar-refractivity contribution in [1.29, 1.82) is 0 Å². The number of aromatic nitrogens is 4. The minimum atomic E-state index is -7.09. The monoisotopic (exact) mass is 812 g/mol. The van der Waals surface area contributed by atoms with Crippen molar-refractivity contribution in [1.82, 2.24) is 19.9 Å². The van der Waals surface area contributed by atoms with Gasteiger partial charge < -0.3 is 4.98 Å². The first-order valence-corrected chi connectivity index (χ1v) is 10.9. The zero-order chi connectivity index (χ0) is 31.5. The van der Waals surface area contributed by atoms with Gasteiger partial charge in [-0.2, -0.15) is 61.5 Å². The molecule has 2 heterocycles. The molecule has 4 rings (SSSR count). The number of fused-ring (bicyclic) bond motifs is 1. The Morgan fingerprint density at radius 3 is 1.56 bits per heavy atom. The molecule has 0 fully saturated rings. The topological polar surface area (TPSA) is 51.6 Å². The molecule has 2 aromatic carbocycles. The third-order valence-corrected chi connectivity index (χ3v) is 5.66. The van der Waals surface area contributed by atoms with E-state index in [0.29, 0.717) is 10.8 Å². The minimum absolute atomic E-state index is 0. The molecule has 0 saturated heterocycles. The fraction of sp³-hybridized carbons (Fsp3) is 0.250. The van der Waals surface area contributed by atoms with E-state index in [9.17, 15) is 61.5 Å². The molecule has 0 unspecified atom stereocenters. The van der Waals surface area contributed by atoms with Gasteiger partial charge >= 0.3 is 36.0 Å². The fourth-order valence-corrected chi connectivity index (χ4v) is 3.41. The van der Waals surface area contributed by atoms with Crippen molar-refractivity contribution < 1.29 is 81.6 Å². The van der Waals surface area contributed by atoms with Crippen molar-refractivity contribution in [3.8, 4) is 22.6 Å². The Kier molecular flexibility index (Phi) is 8.63. The van der Waals surface area contributed by atoms with E-state index in [4.69, 9.17) is 0 Å². The van der Waals surface area contributed by atoms with Crippen molar-refractivity contribution in [3.05, 3.63) is 72.4 Å². The molecule has 4 nitrogen and oxygen atoms in total. The Morgan fingerprint density at radius 1 is 0.581 bits per heavy atom. The second kappa shape index (κ2) is 10.9. The Hall–Kier alpha value is -3.47. The number of halogens is 14. The molecule has 1 radical (unpaired) electrons. The van der Waals surface area contributed by atoms with Crippen LogP contribution in [0.3, 0.4) is 0 Å². The first-order chi connectivity index (χ1) is 19.1. The Balaban J connectivity index is 0.00000506. The van der Waals surface area contributed by atoms with Crippen LogP contribution in [0.2, 0.25) is 0 Å². The number of hydrogen-bond acceptors (Lipinski definition) is 4. The van der Waals surface area contributed by atoms with Gasteiger partial charge in [0, 0.05) is 26.3 Å². The van der Waals surface area contributed by atoms with E-state index in [1.165, 1.54) is 12.3 Å². The van der Waals surface area contributed by atoms with Crippen LogP contribution in [0.25, 0.3) is 33.4 Å². The van der Waals surface area contributed by atoms with Gasteiger partial charge in [0.05, 0.1) is 0 Å². The molecule has 0 bridgehead atoms. The molecule has 0 spiro atoms. The third-order valence-electron chi connectivity index (χ3n) is 5.66. The molecule has 0 saturated carbocycles. The summed E-state index contributed by atoms with van der Waals surface area (Å²) >= 11 is 0. The van der Waals surface area contributed by atoms with Crippen molar-refractivity contribution in [2.45, 2.75) is 36.0 Å². The molecule has 0 amide bonds. The standard InChI is InChI=1S/C24H9F14N4.Ir/c25-19(26,21(29,30)23(33,34)35)17-40-16(41-18(42-17)20(27,28)22(31,32)24(36,37)38)13-7-3-6-12(8-13)15-9-11-4-1-2-5-14(11)10-39-15;/h1-5,7-10H;/q-1;. The average molecular weight is 812 g/mol. The summed E-state index contributed by atoms with van der Waals surface area (Å²) in [6, 6.07) is 13.1. The summed E-state index contributed by atoms with van der Waals surface area (Å²) in [6.07, 6.45) is -12.8. The fourth-order valence-electron chi connectivity index (χ4n) is 3.41. The van der Waals surface area contributed by atoms with Crippen LogP contribution in [0.15, 0.2) is 54.7 Å². The van der Waals surface area contributed by atoms with E-state index in [1.54, 1.807) is 24.3 Å². The maximum Gasteiger partial charge on any atom is 0.460 e. The maximum absolute atomic E-state index is 14.4. The molecule has 0 aliphatic heterocycles. The van der Waals surface area contributed by atoms with Gasteiger partial charge in [0.1, 0.15) is 5.82 Å². The van der Waals surface area contributed by atoms with Crippen LogP contribution in [0.5, 0.6) is 0 Å². The number of nitrogens with zero attached hydrogens (tertiary/aromatic N) is 4. The van der Waals surface area contributed by atoms with Crippen LogP contribution in [-0.2, 0) is 32.0 Å². The van der Waals surface area contributed by atoms with E-state index in [1.807, 2.05) is 4.98 Å². The van der Waals surface area contributed by atoms with Gasteiger partial charge in [-0.3, -0.25) is 0 Å². The van der Waals surface area contributed by atoms with E-state index in [0.717, 1.165) is 18.2 Å². The van der Waals surface area contributed by atoms with Crippen molar-refractivity contribution >= 4 is 10.8 Å². The molecule has 43 heavy (non-hydrogen) atoms. The first kappa shape index (κ1) is 34.0. The Morgan fingerprint density at radius 2 is 1.07 bits per heavy atom. The second-order valence-electron chi connectivity index (χ2n) is 8.51. The molecule has 0 N–H and O–H groups in total. The zero-order valence-corrected chi connectivity index (χ0v) is 22.5. The molecule has 233 valence electrons. The smallest absolute Gasteiger partial charge is 0.304 e. The summed E-state index contributed by atoms with van der Waals surface area (Å²) in [4.78, 5) is 11.2. The maximum atomic E-state index is 14.4. The van der Waals surface area contributed by atoms with E-state index >= 15 is 0 Å². The van der Waals surface area contributed by atoms with Gasteiger partial charge in [-0.25, -0.2) is 15.0 Å². The van der Waals surface area contributed by atoms with Crippen LogP contribution in [0.4, 0.5) is 61.5 Å². The summed E-state index contributed by atoms with van der Waals surface area (Å²) < 4.78 is 189. The zero-order valence-electron chi connectivity index (χ0n) is 20.1. The van der Waals surface area contributed by atoms with Crippen LogP contribution in [0, 0.1) is 6.07 Å². The van der Waals surface area contributed by atoms with Gasteiger partial charge in [-0.1, -0.05) is 35.9 Å². The molecule has 4 aromatic rings. The average Bonchev–Trinajstić information content (AvgIpc) is 2.91. The van der Waals surface area contributed by atoms with Crippen LogP contribution in [-0.4, -0.2) is 44.1 Å². The van der Waals surface area contributed by atoms with Crippen LogP contribution in [0.1, 0.15) is 11.6 Å². The quantitative estimate of drug-likeness (QED) is 0.146. The second-order valence-corrected chi connectivity index (χ2v) is 8.51. The van der Waals surface area contributed by atoms with Crippen LogP contribution >= 0.6 is 0 Å². The number of rotatable bonds is 6. The molecule has 19 heteroatoms. The Bertz CT molecular complexity index is 1580. The molecular formula is C24H9F14IrN4-. The molecule has 0 atom stereocenters. The first-order valence-electron chi connectivity index (χ1n) is 10.9. The summed E-state index contributed by atoms with van der Waals surface area (Å²) in [5.41, 5.74) is -0.838. The summed E-state index contributed by atoms with van der Waals surface area (Å²) in [7, 11) is 0. The van der Waals surface area contributed by atoms with Gasteiger partial charge in [0.15, 0.2) is 0 Å². The van der Waals surface area contributed by atoms with Gasteiger partial charge in [-0.15, -0.1) is 29.8 Å². The normalized spacial score (nSPS) is 13.6. The molecule has 2 aromatic heterocycles. The Labute approximate surface area is 243 Å². The van der Waals surface area contributed by atoms with E-state index < -0.39 is 59.1 Å². The summed E-state index contributed by atoms with van der Waals surface area (Å²) in [6.45, 7) is 0. The molecule has 0 aliphatic carbocycles. The van der Waals surface area contributed by atoms with Crippen molar-refractivity contribution in [2.75, 3.05) is 0 Å². The molecular weight excluding hydrogens is 802 g/mol.